The van der Waals surface area contributed by atoms with E-state index in [1.54, 1.807) is 7.11 Å². The van der Waals surface area contributed by atoms with Crippen LogP contribution in [0.5, 0.6) is 0 Å². The smallest absolute Gasteiger partial charge is 0.0841 e. The Morgan fingerprint density at radius 1 is 1.31 bits per heavy atom. The van der Waals surface area contributed by atoms with Crippen molar-refractivity contribution in [2.75, 3.05) is 52.4 Å². The van der Waals surface area contributed by atoms with Gasteiger partial charge < -0.3 is 14.2 Å². The molecule has 1 fully saturated rings. The average molecular weight is 252 g/mol. The second kappa shape index (κ2) is 8.25. The third-order valence-corrected chi connectivity index (χ3v) is 2.90. The standard InChI is InChI=1S/C11H22ClNO3/c1-10-8-13(9-11(7-12)16-10)3-4-15-6-5-14-2/h10-11H,3-9H2,1-2H3. The summed E-state index contributed by atoms with van der Waals surface area (Å²) < 4.78 is 16.0. The minimum absolute atomic E-state index is 0.157. The molecule has 0 saturated carbocycles. The lowest BCUT2D eigenvalue weighted by Gasteiger charge is -2.35. The van der Waals surface area contributed by atoms with Gasteiger partial charge in [0.25, 0.3) is 0 Å². The second-order valence-electron chi connectivity index (χ2n) is 4.09. The molecule has 1 rings (SSSR count). The molecule has 0 radical (unpaired) electrons. The van der Waals surface area contributed by atoms with E-state index in [2.05, 4.69) is 11.8 Å². The summed E-state index contributed by atoms with van der Waals surface area (Å²) in [5, 5.41) is 0. The van der Waals surface area contributed by atoms with Gasteiger partial charge in [0, 0.05) is 32.6 Å². The molecule has 2 atom stereocenters. The van der Waals surface area contributed by atoms with Crippen LogP contribution < -0.4 is 0 Å². The molecule has 0 amide bonds. The molecule has 2 unspecified atom stereocenters. The number of hydrogen-bond acceptors (Lipinski definition) is 4. The van der Waals surface area contributed by atoms with Crippen molar-refractivity contribution in [2.45, 2.75) is 19.1 Å². The monoisotopic (exact) mass is 251 g/mol. The lowest BCUT2D eigenvalue weighted by atomic mass is 10.2. The summed E-state index contributed by atoms with van der Waals surface area (Å²) in [6.45, 7) is 6.94. The third kappa shape index (κ3) is 5.46. The Morgan fingerprint density at radius 2 is 2.12 bits per heavy atom. The van der Waals surface area contributed by atoms with E-state index in [-0.39, 0.29) is 12.2 Å². The number of alkyl halides is 1. The summed E-state index contributed by atoms with van der Waals surface area (Å²) in [6, 6.07) is 0. The highest BCUT2D eigenvalue weighted by atomic mass is 35.5. The number of halogens is 1. The molecule has 5 heteroatoms. The van der Waals surface area contributed by atoms with Gasteiger partial charge in [0.15, 0.2) is 0 Å². The number of morpholine rings is 1. The summed E-state index contributed by atoms with van der Waals surface area (Å²) in [5.74, 6) is 0.561. The number of rotatable bonds is 7. The predicted molar refractivity (Wildman–Crippen MR) is 64.2 cm³/mol. The first kappa shape index (κ1) is 14.2. The molecule has 1 saturated heterocycles. The van der Waals surface area contributed by atoms with Crippen LogP contribution in [-0.4, -0.2) is 69.6 Å². The number of ether oxygens (including phenoxy) is 3. The van der Waals surface area contributed by atoms with Gasteiger partial charge in [-0.15, -0.1) is 11.6 Å². The lowest BCUT2D eigenvalue weighted by molar-refractivity contribution is -0.0723. The first-order valence-corrected chi connectivity index (χ1v) is 6.30. The van der Waals surface area contributed by atoms with Gasteiger partial charge in [0.05, 0.1) is 32.0 Å². The van der Waals surface area contributed by atoms with Gasteiger partial charge in [0.2, 0.25) is 0 Å². The summed E-state index contributed by atoms with van der Waals surface area (Å²) >= 11 is 5.81. The van der Waals surface area contributed by atoms with E-state index in [9.17, 15) is 0 Å². The van der Waals surface area contributed by atoms with Crippen LogP contribution in [0.3, 0.4) is 0 Å². The Bertz CT molecular complexity index is 183. The molecule has 4 nitrogen and oxygen atoms in total. The average Bonchev–Trinajstić information content (AvgIpc) is 2.28. The normalized spacial score (nSPS) is 27.2. The molecule has 96 valence electrons. The van der Waals surface area contributed by atoms with Gasteiger partial charge in [-0.2, -0.15) is 0 Å². The van der Waals surface area contributed by atoms with Crippen molar-refractivity contribution < 1.29 is 14.2 Å². The molecule has 1 heterocycles. The van der Waals surface area contributed by atoms with Gasteiger partial charge in [-0.05, 0) is 6.92 Å². The Morgan fingerprint density at radius 3 is 2.81 bits per heavy atom. The van der Waals surface area contributed by atoms with Gasteiger partial charge in [-0.1, -0.05) is 0 Å². The second-order valence-corrected chi connectivity index (χ2v) is 4.40. The van der Waals surface area contributed by atoms with E-state index in [0.717, 1.165) is 26.2 Å². The highest BCUT2D eigenvalue weighted by molar-refractivity contribution is 6.18. The maximum Gasteiger partial charge on any atom is 0.0841 e. The van der Waals surface area contributed by atoms with Gasteiger partial charge in [0.1, 0.15) is 0 Å². The van der Waals surface area contributed by atoms with Crippen LogP contribution in [0.15, 0.2) is 0 Å². The van der Waals surface area contributed by atoms with E-state index < -0.39 is 0 Å². The molecule has 0 aromatic carbocycles. The summed E-state index contributed by atoms with van der Waals surface area (Å²) in [5.41, 5.74) is 0. The largest absolute Gasteiger partial charge is 0.382 e. The van der Waals surface area contributed by atoms with E-state index >= 15 is 0 Å². The lowest BCUT2D eigenvalue weighted by Crippen LogP contribution is -2.48. The van der Waals surface area contributed by atoms with E-state index in [4.69, 9.17) is 25.8 Å². The van der Waals surface area contributed by atoms with Crippen molar-refractivity contribution in [3.8, 4) is 0 Å². The maximum atomic E-state index is 5.81. The fraction of sp³-hybridized carbons (Fsp3) is 1.00. The molecule has 0 bridgehead atoms. The van der Waals surface area contributed by atoms with Gasteiger partial charge in [-0.3, -0.25) is 4.90 Å². The van der Waals surface area contributed by atoms with Crippen LogP contribution in [0.2, 0.25) is 0 Å². The van der Waals surface area contributed by atoms with E-state index in [1.165, 1.54) is 0 Å². The molecule has 0 aromatic rings. The Kier molecular flexibility index (Phi) is 7.32. The molecule has 0 aliphatic carbocycles. The van der Waals surface area contributed by atoms with Crippen molar-refractivity contribution in [1.82, 2.24) is 4.90 Å². The third-order valence-electron chi connectivity index (χ3n) is 2.56. The van der Waals surface area contributed by atoms with Crippen molar-refractivity contribution in [2.24, 2.45) is 0 Å². The van der Waals surface area contributed by atoms with Crippen molar-refractivity contribution in [3.63, 3.8) is 0 Å². The van der Waals surface area contributed by atoms with Gasteiger partial charge >= 0.3 is 0 Å². The number of hydrogen-bond donors (Lipinski definition) is 0. The molecule has 16 heavy (non-hydrogen) atoms. The van der Waals surface area contributed by atoms with Crippen LogP contribution in [-0.2, 0) is 14.2 Å². The Hall–Kier alpha value is 0.130. The summed E-state index contributed by atoms with van der Waals surface area (Å²) in [6.07, 6.45) is 0.417. The van der Waals surface area contributed by atoms with Gasteiger partial charge in [-0.25, -0.2) is 0 Å². The highest BCUT2D eigenvalue weighted by Crippen LogP contribution is 2.11. The number of methoxy groups -OCH3 is 1. The SMILES string of the molecule is COCCOCCN1CC(C)OC(CCl)C1. The molecular formula is C11H22ClNO3. The molecule has 0 spiro atoms. The summed E-state index contributed by atoms with van der Waals surface area (Å²) in [7, 11) is 1.68. The van der Waals surface area contributed by atoms with Crippen molar-refractivity contribution in [3.05, 3.63) is 0 Å². The van der Waals surface area contributed by atoms with E-state index in [0.29, 0.717) is 19.1 Å². The fourth-order valence-corrected chi connectivity index (χ4v) is 2.02. The van der Waals surface area contributed by atoms with E-state index in [1.807, 2.05) is 0 Å². The first-order chi connectivity index (χ1) is 7.76. The van der Waals surface area contributed by atoms with Crippen LogP contribution >= 0.6 is 11.6 Å². The number of nitrogens with zero attached hydrogens (tertiary/aromatic N) is 1. The van der Waals surface area contributed by atoms with Crippen molar-refractivity contribution in [1.29, 1.82) is 0 Å². The summed E-state index contributed by atoms with van der Waals surface area (Å²) in [4.78, 5) is 2.34. The molecule has 1 aliphatic heterocycles. The minimum atomic E-state index is 0.157. The highest BCUT2D eigenvalue weighted by Gasteiger charge is 2.23. The Balaban J connectivity index is 2.10. The maximum absolute atomic E-state index is 5.81. The topological polar surface area (TPSA) is 30.9 Å². The zero-order chi connectivity index (χ0) is 11.8. The van der Waals surface area contributed by atoms with Crippen molar-refractivity contribution >= 4 is 11.6 Å². The zero-order valence-corrected chi connectivity index (χ0v) is 10.9. The first-order valence-electron chi connectivity index (χ1n) is 5.76. The Labute approximate surface area is 103 Å². The minimum Gasteiger partial charge on any atom is -0.382 e. The van der Waals surface area contributed by atoms with Crippen LogP contribution in [0.1, 0.15) is 6.92 Å². The van der Waals surface area contributed by atoms with Crippen LogP contribution in [0.4, 0.5) is 0 Å². The molecule has 0 N–H and O–H groups in total. The quantitative estimate of drug-likeness (QED) is 0.499. The molecular weight excluding hydrogens is 230 g/mol. The van der Waals surface area contributed by atoms with Crippen LogP contribution in [0.25, 0.3) is 0 Å². The zero-order valence-electron chi connectivity index (χ0n) is 10.2. The fourth-order valence-electron chi connectivity index (χ4n) is 1.85. The molecule has 0 aromatic heterocycles. The predicted octanol–water partition coefficient (Wildman–Crippen LogP) is 0.978. The van der Waals surface area contributed by atoms with Crippen LogP contribution in [0, 0.1) is 0 Å². The molecule has 1 aliphatic rings.